The highest BCUT2D eigenvalue weighted by molar-refractivity contribution is 5.99. The first kappa shape index (κ1) is 15.0. The van der Waals surface area contributed by atoms with Crippen molar-refractivity contribution >= 4 is 17.4 Å². The van der Waals surface area contributed by atoms with Gasteiger partial charge in [0.15, 0.2) is 0 Å². The quantitative estimate of drug-likeness (QED) is 0.856. The van der Waals surface area contributed by atoms with Crippen molar-refractivity contribution in [3.8, 4) is 0 Å². The number of oxazole rings is 1. The van der Waals surface area contributed by atoms with Gasteiger partial charge in [0.25, 0.3) is 0 Å². The highest BCUT2D eigenvalue weighted by Crippen LogP contribution is 2.37. The molecule has 0 bridgehead atoms. The zero-order chi connectivity index (χ0) is 15.5. The van der Waals surface area contributed by atoms with Gasteiger partial charge in [0.1, 0.15) is 6.26 Å². The topological polar surface area (TPSA) is 98.2 Å². The van der Waals surface area contributed by atoms with Gasteiger partial charge in [0, 0.05) is 17.7 Å². The summed E-state index contributed by atoms with van der Waals surface area (Å²) in [5.41, 5.74) is 5.52. The molecule has 0 saturated carbocycles. The molecule has 1 aliphatic rings. The summed E-state index contributed by atoms with van der Waals surface area (Å²) in [6.07, 6.45) is 7.46. The van der Waals surface area contributed by atoms with Gasteiger partial charge in [0.2, 0.25) is 17.7 Å². The first-order valence-electron chi connectivity index (χ1n) is 6.87. The van der Waals surface area contributed by atoms with E-state index >= 15 is 0 Å². The average Bonchev–Trinajstić information content (AvgIpc) is 2.98. The van der Waals surface area contributed by atoms with Gasteiger partial charge in [-0.25, -0.2) is 4.98 Å². The summed E-state index contributed by atoms with van der Waals surface area (Å²) < 4.78 is 5.25. The fourth-order valence-corrected chi connectivity index (χ4v) is 2.30. The molecular weight excluding hydrogens is 270 g/mol. The number of hydrogen-bond acceptors (Lipinski definition) is 4. The normalized spacial score (nSPS) is 21.4. The maximum Gasteiger partial charge on any atom is 0.244 e. The summed E-state index contributed by atoms with van der Waals surface area (Å²) in [5, 5.41) is 2.85. The van der Waals surface area contributed by atoms with Gasteiger partial charge in [-0.2, -0.15) is 0 Å². The van der Waals surface area contributed by atoms with E-state index in [1.165, 1.54) is 12.5 Å². The molecule has 2 amide bonds. The summed E-state index contributed by atoms with van der Waals surface area (Å²) in [6.45, 7) is 4.34. The minimum absolute atomic E-state index is 0.139. The predicted octanol–water partition coefficient (Wildman–Crippen LogP) is 1.41. The van der Waals surface area contributed by atoms with Crippen LogP contribution in [-0.4, -0.2) is 23.3 Å². The summed E-state index contributed by atoms with van der Waals surface area (Å²) >= 11 is 0. The number of carbonyl (C=O) groups excluding carboxylic acids is 2. The van der Waals surface area contributed by atoms with Crippen LogP contribution in [0.15, 0.2) is 34.6 Å². The number of hydrogen-bond donors (Lipinski definition) is 2. The van der Waals surface area contributed by atoms with Crippen LogP contribution in [0.2, 0.25) is 0 Å². The van der Waals surface area contributed by atoms with Crippen LogP contribution in [0, 0.1) is 5.41 Å². The third kappa shape index (κ3) is 3.21. The van der Waals surface area contributed by atoms with E-state index in [1.807, 2.05) is 6.92 Å². The Labute approximate surface area is 123 Å². The van der Waals surface area contributed by atoms with E-state index in [2.05, 4.69) is 10.3 Å². The Balaban J connectivity index is 2.37. The lowest BCUT2D eigenvalue weighted by atomic mass is 9.76. The van der Waals surface area contributed by atoms with Gasteiger partial charge in [-0.15, -0.1) is 0 Å². The van der Waals surface area contributed by atoms with Crippen molar-refractivity contribution in [2.45, 2.75) is 26.7 Å². The number of nitrogens with one attached hydrogen (secondary N) is 1. The highest BCUT2D eigenvalue weighted by Gasteiger charge is 2.36. The number of aromatic nitrogens is 1. The van der Waals surface area contributed by atoms with E-state index in [0.29, 0.717) is 23.6 Å². The first-order valence-corrected chi connectivity index (χ1v) is 6.87. The van der Waals surface area contributed by atoms with Crippen LogP contribution in [-0.2, 0) is 9.59 Å². The number of nitrogens with two attached hydrogens (primary N) is 1. The molecule has 3 N–H and O–H groups in total. The molecular formula is C15H19N3O3. The predicted molar refractivity (Wildman–Crippen MR) is 77.8 cm³/mol. The molecule has 1 aromatic heterocycles. The van der Waals surface area contributed by atoms with Crippen LogP contribution >= 0.6 is 0 Å². The van der Waals surface area contributed by atoms with Crippen molar-refractivity contribution < 1.29 is 14.0 Å². The van der Waals surface area contributed by atoms with E-state index in [9.17, 15) is 9.59 Å². The Hall–Kier alpha value is -2.37. The fraction of sp³-hybridized carbons (Fsp3) is 0.400. The monoisotopic (exact) mass is 289 g/mol. The van der Waals surface area contributed by atoms with Gasteiger partial charge in [-0.3, -0.25) is 9.59 Å². The molecule has 6 nitrogen and oxygen atoms in total. The van der Waals surface area contributed by atoms with Crippen molar-refractivity contribution in [2.24, 2.45) is 11.1 Å². The van der Waals surface area contributed by atoms with Crippen molar-refractivity contribution in [3.05, 3.63) is 36.1 Å². The number of nitrogens with zero attached hydrogens (tertiary/aromatic N) is 1. The molecule has 0 fully saturated rings. The number of rotatable bonds is 5. The van der Waals surface area contributed by atoms with Crippen molar-refractivity contribution in [2.75, 3.05) is 6.54 Å². The van der Waals surface area contributed by atoms with Crippen LogP contribution in [0.5, 0.6) is 0 Å². The Morgan fingerprint density at radius 3 is 2.86 bits per heavy atom. The second-order valence-corrected chi connectivity index (χ2v) is 5.32. The van der Waals surface area contributed by atoms with Crippen molar-refractivity contribution in [3.63, 3.8) is 0 Å². The van der Waals surface area contributed by atoms with Gasteiger partial charge in [-0.1, -0.05) is 13.0 Å². The third-order valence-electron chi connectivity index (χ3n) is 3.41. The van der Waals surface area contributed by atoms with Gasteiger partial charge in [-0.05, 0) is 25.8 Å². The number of amides is 2. The molecule has 21 heavy (non-hydrogen) atoms. The minimum Gasteiger partial charge on any atom is -0.445 e. The molecule has 6 heteroatoms. The van der Waals surface area contributed by atoms with E-state index < -0.39 is 11.3 Å². The smallest absolute Gasteiger partial charge is 0.244 e. The summed E-state index contributed by atoms with van der Waals surface area (Å²) in [5.74, 6) is -0.315. The van der Waals surface area contributed by atoms with Crippen LogP contribution in [0.1, 0.15) is 32.6 Å². The molecule has 0 aromatic carbocycles. The molecule has 1 heterocycles. The second-order valence-electron chi connectivity index (χ2n) is 5.32. The largest absolute Gasteiger partial charge is 0.445 e. The molecule has 0 aliphatic heterocycles. The zero-order valence-electron chi connectivity index (χ0n) is 12.2. The molecule has 0 spiro atoms. The highest BCUT2D eigenvalue weighted by atomic mass is 16.3. The molecule has 112 valence electrons. The van der Waals surface area contributed by atoms with Crippen molar-refractivity contribution in [1.29, 1.82) is 0 Å². The lowest BCUT2D eigenvalue weighted by molar-refractivity contribution is -0.127. The maximum atomic E-state index is 12.4. The van der Waals surface area contributed by atoms with Gasteiger partial charge < -0.3 is 15.5 Å². The zero-order valence-corrected chi connectivity index (χ0v) is 12.2. The molecule has 1 aliphatic carbocycles. The number of primary amides is 1. The maximum absolute atomic E-state index is 12.4. The molecule has 1 aromatic rings. The molecule has 1 atom stereocenters. The molecule has 0 radical (unpaired) electrons. The van der Waals surface area contributed by atoms with Crippen LogP contribution in [0.25, 0.3) is 5.57 Å². The number of allylic oxidation sites excluding steroid dienone is 2. The Morgan fingerprint density at radius 1 is 1.52 bits per heavy atom. The fourth-order valence-electron chi connectivity index (χ4n) is 2.30. The first-order chi connectivity index (χ1) is 9.96. The van der Waals surface area contributed by atoms with E-state index in [0.717, 1.165) is 6.42 Å². The Morgan fingerprint density at radius 2 is 2.29 bits per heavy atom. The molecule has 2 rings (SSSR count). The lowest BCUT2D eigenvalue weighted by Gasteiger charge is -2.29. The summed E-state index contributed by atoms with van der Waals surface area (Å²) in [4.78, 5) is 28.0. The average molecular weight is 289 g/mol. The standard InChI is InChI=1S/C15H19N3O3/c1-3-4-18-14(20)15(2)8-10(12(16)19)7-11(9-15)13-17-5-6-21-13/h5-7,9H,3-4,8H2,1-2H3,(H2,16,19)(H,18,20). The van der Waals surface area contributed by atoms with Crippen LogP contribution in [0.3, 0.4) is 0 Å². The second kappa shape index (κ2) is 5.95. The van der Waals surface area contributed by atoms with Crippen LogP contribution in [0.4, 0.5) is 0 Å². The van der Waals surface area contributed by atoms with E-state index in [-0.39, 0.29) is 12.3 Å². The van der Waals surface area contributed by atoms with Crippen LogP contribution < -0.4 is 11.1 Å². The molecule has 1 unspecified atom stereocenters. The minimum atomic E-state index is -0.849. The Kier molecular flexibility index (Phi) is 4.26. The lowest BCUT2D eigenvalue weighted by Crippen LogP contribution is -2.40. The third-order valence-corrected chi connectivity index (χ3v) is 3.41. The SMILES string of the molecule is CCCNC(=O)C1(C)C=C(c2ncco2)C=C(C(N)=O)C1. The van der Waals surface area contributed by atoms with E-state index in [4.69, 9.17) is 10.2 Å². The molecule has 0 saturated heterocycles. The van der Waals surface area contributed by atoms with Crippen molar-refractivity contribution in [1.82, 2.24) is 10.3 Å². The summed E-state index contributed by atoms with van der Waals surface area (Å²) in [7, 11) is 0. The number of carbonyl (C=O) groups is 2. The van der Waals surface area contributed by atoms with E-state index in [1.54, 1.807) is 19.1 Å². The Bertz CT molecular complexity index is 602. The van der Waals surface area contributed by atoms with Gasteiger partial charge >= 0.3 is 0 Å². The van der Waals surface area contributed by atoms with Gasteiger partial charge in [0.05, 0.1) is 11.6 Å². The summed E-state index contributed by atoms with van der Waals surface area (Å²) in [6, 6.07) is 0.